The van der Waals surface area contributed by atoms with E-state index in [0.717, 1.165) is 44.6 Å². The zero-order valence-corrected chi connectivity index (χ0v) is 20.4. The molecule has 0 spiro atoms. The first-order valence-corrected chi connectivity index (χ1v) is 12.2. The van der Waals surface area contributed by atoms with Gasteiger partial charge in [-0.3, -0.25) is 24.7 Å². The SMILES string of the molecule is NC(=O)C1(c2ccc(NC(=O)c3ccc(F)cc3Cl)cc2)NCN=C1C(=O)NCCN1CCCCC1. The minimum Gasteiger partial charge on any atom is -0.367 e. The van der Waals surface area contributed by atoms with Crippen LogP contribution in [-0.4, -0.2) is 61.2 Å². The molecule has 3 amide bonds. The van der Waals surface area contributed by atoms with Crippen molar-refractivity contribution in [3.05, 3.63) is 64.4 Å². The van der Waals surface area contributed by atoms with Gasteiger partial charge in [0.1, 0.15) is 11.5 Å². The Labute approximate surface area is 213 Å². The van der Waals surface area contributed by atoms with Gasteiger partial charge in [-0.25, -0.2) is 4.39 Å². The molecule has 0 saturated carbocycles. The number of carbonyl (C=O) groups is 3. The van der Waals surface area contributed by atoms with Crippen LogP contribution in [0.25, 0.3) is 0 Å². The van der Waals surface area contributed by atoms with Crippen LogP contribution < -0.4 is 21.7 Å². The molecular weight excluding hydrogens is 487 g/mol. The largest absolute Gasteiger partial charge is 0.367 e. The van der Waals surface area contributed by atoms with Gasteiger partial charge in [0.05, 0.1) is 17.3 Å². The average molecular weight is 515 g/mol. The summed E-state index contributed by atoms with van der Waals surface area (Å²) in [4.78, 5) is 44.7. The summed E-state index contributed by atoms with van der Waals surface area (Å²) in [6, 6.07) is 9.80. The zero-order valence-electron chi connectivity index (χ0n) is 19.7. The third-order valence-corrected chi connectivity index (χ3v) is 6.75. The second-order valence-electron chi connectivity index (χ2n) is 8.77. The van der Waals surface area contributed by atoms with Crippen LogP contribution in [-0.2, 0) is 15.1 Å². The van der Waals surface area contributed by atoms with Gasteiger partial charge in [-0.15, -0.1) is 0 Å². The lowest BCUT2D eigenvalue weighted by atomic mass is 9.84. The molecule has 5 N–H and O–H groups in total. The number of piperidine rings is 1. The first kappa shape index (κ1) is 25.7. The predicted molar refractivity (Wildman–Crippen MR) is 135 cm³/mol. The topological polar surface area (TPSA) is 129 Å². The number of nitrogens with zero attached hydrogens (tertiary/aromatic N) is 2. The predicted octanol–water partition coefficient (Wildman–Crippen LogP) is 2.02. The van der Waals surface area contributed by atoms with Crippen molar-refractivity contribution >= 4 is 40.7 Å². The fourth-order valence-electron chi connectivity index (χ4n) is 4.54. The normalized spacial score (nSPS) is 20.0. The first-order valence-electron chi connectivity index (χ1n) is 11.8. The highest BCUT2D eigenvalue weighted by molar-refractivity contribution is 6.47. The fraction of sp³-hybridized carbons (Fsp3) is 0.360. The first-order chi connectivity index (χ1) is 17.3. The van der Waals surface area contributed by atoms with Gasteiger partial charge in [0.2, 0.25) is 5.91 Å². The van der Waals surface area contributed by atoms with Crippen LogP contribution in [0.5, 0.6) is 0 Å². The molecule has 4 rings (SSSR count). The highest BCUT2D eigenvalue weighted by Crippen LogP contribution is 2.28. The number of likely N-dealkylation sites (tertiary alicyclic amines) is 1. The van der Waals surface area contributed by atoms with Crippen LogP contribution in [0.2, 0.25) is 5.02 Å². The van der Waals surface area contributed by atoms with Crippen molar-refractivity contribution < 1.29 is 18.8 Å². The van der Waals surface area contributed by atoms with E-state index in [1.165, 1.54) is 12.5 Å². The number of amides is 3. The van der Waals surface area contributed by atoms with Crippen LogP contribution in [0, 0.1) is 5.82 Å². The smallest absolute Gasteiger partial charge is 0.268 e. The lowest BCUT2D eigenvalue weighted by Crippen LogP contribution is -2.58. The molecule has 0 bridgehead atoms. The van der Waals surface area contributed by atoms with E-state index in [0.29, 0.717) is 17.8 Å². The summed E-state index contributed by atoms with van der Waals surface area (Å²) in [5.41, 5.74) is 5.12. The highest BCUT2D eigenvalue weighted by Gasteiger charge is 2.49. The summed E-state index contributed by atoms with van der Waals surface area (Å²) in [6.07, 6.45) is 3.54. The average Bonchev–Trinajstić information content (AvgIpc) is 3.31. The molecule has 0 aromatic heterocycles. The molecule has 11 heteroatoms. The van der Waals surface area contributed by atoms with Gasteiger partial charge in [0.25, 0.3) is 11.8 Å². The Morgan fingerprint density at radius 1 is 1.08 bits per heavy atom. The van der Waals surface area contributed by atoms with E-state index in [4.69, 9.17) is 17.3 Å². The van der Waals surface area contributed by atoms with Gasteiger partial charge in [0.15, 0.2) is 5.54 Å². The number of primary amides is 1. The van der Waals surface area contributed by atoms with Gasteiger partial charge >= 0.3 is 0 Å². The number of nitrogens with two attached hydrogens (primary N) is 1. The van der Waals surface area contributed by atoms with Crippen LogP contribution in [0.4, 0.5) is 10.1 Å². The molecule has 9 nitrogen and oxygen atoms in total. The molecular formula is C25H28ClFN6O3. The lowest BCUT2D eigenvalue weighted by molar-refractivity contribution is -0.123. The summed E-state index contributed by atoms with van der Waals surface area (Å²) >= 11 is 5.97. The molecule has 1 saturated heterocycles. The molecule has 0 aliphatic carbocycles. The van der Waals surface area contributed by atoms with Crippen LogP contribution >= 0.6 is 11.6 Å². The highest BCUT2D eigenvalue weighted by atomic mass is 35.5. The number of aliphatic imine (C=N–C) groups is 1. The summed E-state index contributed by atoms with van der Waals surface area (Å²) in [7, 11) is 0. The Bertz CT molecular complexity index is 1180. The minimum absolute atomic E-state index is 0.00326. The Hall–Kier alpha value is -3.34. The molecule has 190 valence electrons. The standard InChI is InChI=1S/C25H28ClFN6O3/c26-20-14-17(27)6-9-19(20)22(34)32-18-7-4-16(5-8-18)25(24(28)36)21(30-15-31-25)23(35)29-10-13-33-11-2-1-3-12-33/h4-9,14,31H,1-3,10-13,15H2,(H2,28,36)(H,29,35)(H,32,34). The number of hydrogen-bond acceptors (Lipinski definition) is 6. The van der Waals surface area contributed by atoms with Gasteiger partial charge in [-0.1, -0.05) is 30.2 Å². The van der Waals surface area contributed by atoms with Crippen molar-refractivity contribution in [1.29, 1.82) is 0 Å². The molecule has 2 aromatic rings. The van der Waals surface area contributed by atoms with Crippen molar-refractivity contribution in [1.82, 2.24) is 15.5 Å². The third-order valence-electron chi connectivity index (χ3n) is 6.44. The number of halogens is 2. The van der Waals surface area contributed by atoms with Crippen molar-refractivity contribution in [2.75, 3.05) is 38.2 Å². The van der Waals surface area contributed by atoms with E-state index >= 15 is 0 Å². The Morgan fingerprint density at radius 3 is 2.47 bits per heavy atom. The lowest BCUT2D eigenvalue weighted by Gasteiger charge is -2.29. The maximum absolute atomic E-state index is 13.3. The third kappa shape index (κ3) is 5.40. The van der Waals surface area contributed by atoms with Crippen molar-refractivity contribution in [3.8, 4) is 0 Å². The van der Waals surface area contributed by atoms with Gasteiger partial charge in [-0.05, 0) is 61.8 Å². The molecule has 0 radical (unpaired) electrons. The number of nitrogens with one attached hydrogen (secondary N) is 3. The van der Waals surface area contributed by atoms with Crippen LogP contribution in [0.3, 0.4) is 0 Å². The summed E-state index contributed by atoms with van der Waals surface area (Å²) in [5.74, 6) is -2.29. The second-order valence-corrected chi connectivity index (χ2v) is 9.18. The van der Waals surface area contributed by atoms with Gasteiger partial charge in [0, 0.05) is 18.8 Å². The number of rotatable bonds is 8. The zero-order chi connectivity index (χ0) is 25.7. The van der Waals surface area contributed by atoms with Crippen molar-refractivity contribution in [2.45, 2.75) is 24.8 Å². The maximum atomic E-state index is 13.3. The molecule has 36 heavy (non-hydrogen) atoms. The fourth-order valence-corrected chi connectivity index (χ4v) is 4.79. The van der Waals surface area contributed by atoms with E-state index < -0.39 is 29.1 Å². The molecule has 2 aliphatic rings. The molecule has 1 atom stereocenters. The molecule has 2 aromatic carbocycles. The number of benzene rings is 2. The van der Waals surface area contributed by atoms with Crippen molar-refractivity contribution in [2.24, 2.45) is 10.7 Å². The molecule has 1 unspecified atom stereocenters. The number of anilines is 1. The van der Waals surface area contributed by atoms with Gasteiger partial charge in [-0.2, -0.15) is 0 Å². The van der Waals surface area contributed by atoms with Crippen molar-refractivity contribution in [3.63, 3.8) is 0 Å². The van der Waals surface area contributed by atoms with E-state index in [1.54, 1.807) is 24.3 Å². The number of hydrogen-bond donors (Lipinski definition) is 4. The van der Waals surface area contributed by atoms with E-state index in [1.807, 2.05) is 0 Å². The Kier molecular flexibility index (Phi) is 7.97. The van der Waals surface area contributed by atoms with Gasteiger partial charge < -0.3 is 21.3 Å². The molecule has 2 heterocycles. The molecule has 1 fully saturated rings. The summed E-state index contributed by atoms with van der Waals surface area (Å²) in [5, 5.41) is 8.49. The van der Waals surface area contributed by atoms with Crippen LogP contribution in [0.15, 0.2) is 47.5 Å². The number of carbonyl (C=O) groups excluding carboxylic acids is 3. The summed E-state index contributed by atoms with van der Waals surface area (Å²) < 4.78 is 13.3. The summed E-state index contributed by atoms with van der Waals surface area (Å²) in [6.45, 7) is 3.24. The minimum atomic E-state index is -1.60. The second kappa shape index (κ2) is 11.2. The maximum Gasteiger partial charge on any atom is 0.268 e. The van der Waals surface area contributed by atoms with Crippen LogP contribution in [0.1, 0.15) is 35.2 Å². The molecule has 2 aliphatic heterocycles. The Balaban J connectivity index is 1.46. The van der Waals surface area contributed by atoms with E-state index in [-0.39, 0.29) is 23.0 Å². The van der Waals surface area contributed by atoms with E-state index in [2.05, 4.69) is 25.8 Å². The Morgan fingerprint density at radius 2 is 1.81 bits per heavy atom. The van der Waals surface area contributed by atoms with E-state index in [9.17, 15) is 18.8 Å². The monoisotopic (exact) mass is 514 g/mol. The quantitative estimate of drug-likeness (QED) is 0.428.